The molecule has 1 saturated carbocycles. The van der Waals surface area contributed by atoms with E-state index in [0.29, 0.717) is 11.6 Å². The maximum atomic E-state index is 5.96. The van der Waals surface area contributed by atoms with Gasteiger partial charge >= 0.3 is 0 Å². The van der Waals surface area contributed by atoms with Gasteiger partial charge in [-0.2, -0.15) is 0 Å². The van der Waals surface area contributed by atoms with Crippen LogP contribution in [0.15, 0.2) is 0 Å². The minimum Gasteiger partial charge on any atom is -0.329 e. The van der Waals surface area contributed by atoms with Crippen molar-refractivity contribution in [3.63, 3.8) is 0 Å². The predicted molar refractivity (Wildman–Crippen MR) is 62.3 cm³/mol. The van der Waals surface area contributed by atoms with Crippen molar-refractivity contribution in [1.29, 1.82) is 0 Å². The molecule has 0 aromatic carbocycles. The van der Waals surface area contributed by atoms with Crippen LogP contribution in [0.1, 0.15) is 47.0 Å². The zero-order valence-electron chi connectivity index (χ0n) is 10.2. The van der Waals surface area contributed by atoms with Crippen LogP contribution in [0.25, 0.3) is 0 Å². The van der Waals surface area contributed by atoms with Crippen LogP contribution in [0, 0.1) is 5.92 Å². The molecule has 1 aliphatic carbocycles. The highest BCUT2D eigenvalue weighted by Gasteiger charge is 2.45. The van der Waals surface area contributed by atoms with E-state index < -0.39 is 0 Å². The SMILES string of the molecule is CCCN(C(C)C)C1(CN)CC(C)C1. The van der Waals surface area contributed by atoms with E-state index in [4.69, 9.17) is 5.73 Å². The predicted octanol–water partition coefficient (Wildman–Crippen LogP) is 2.23. The molecule has 1 fully saturated rings. The van der Waals surface area contributed by atoms with E-state index in [1.54, 1.807) is 0 Å². The summed E-state index contributed by atoms with van der Waals surface area (Å²) >= 11 is 0. The number of nitrogens with zero attached hydrogens (tertiary/aromatic N) is 1. The van der Waals surface area contributed by atoms with Crippen LogP contribution < -0.4 is 5.73 Å². The Bertz CT molecular complexity index is 171. The second-order valence-electron chi connectivity index (χ2n) is 5.23. The van der Waals surface area contributed by atoms with Crippen LogP contribution >= 0.6 is 0 Å². The van der Waals surface area contributed by atoms with Crippen LogP contribution in [0.4, 0.5) is 0 Å². The molecule has 2 N–H and O–H groups in total. The van der Waals surface area contributed by atoms with Crippen LogP contribution in [-0.2, 0) is 0 Å². The largest absolute Gasteiger partial charge is 0.329 e. The summed E-state index contributed by atoms with van der Waals surface area (Å²) in [6, 6.07) is 0.631. The standard InChI is InChI=1S/C12H26N2/c1-5-6-14(10(2)3)12(9-13)7-11(4)8-12/h10-11H,5-9,13H2,1-4H3. The molecule has 2 heteroatoms. The van der Waals surface area contributed by atoms with Gasteiger partial charge in [0, 0.05) is 18.1 Å². The van der Waals surface area contributed by atoms with Crippen molar-refractivity contribution in [2.75, 3.05) is 13.1 Å². The summed E-state index contributed by atoms with van der Waals surface area (Å²) in [6.07, 6.45) is 3.82. The highest BCUT2D eigenvalue weighted by Crippen LogP contribution is 2.42. The van der Waals surface area contributed by atoms with Gasteiger partial charge in [0.1, 0.15) is 0 Å². The first kappa shape index (κ1) is 12.0. The summed E-state index contributed by atoms with van der Waals surface area (Å²) < 4.78 is 0. The summed E-state index contributed by atoms with van der Waals surface area (Å²) in [4.78, 5) is 2.62. The average molecular weight is 198 g/mol. The van der Waals surface area contributed by atoms with Crippen molar-refractivity contribution >= 4 is 0 Å². The summed E-state index contributed by atoms with van der Waals surface area (Å²) in [6.45, 7) is 11.2. The van der Waals surface area contributed by atoms with E-state index >= 15 is 0 Å². The second kappa shape index (κ2) is 4.63. The number of hydrogen-bond donors (Lipinski definition) is 1. The smallest absolute Gasteiger partial charge is 0.0339 e. The van der Waals surface area contributed by atoms with Crippen molar-refractivity contribution in [2.24, 2.45) is 11.7 Å². The van der Waals surface area contributed by atoms with Crippen molar-refractivity contribution in [3.05, 3.63) is 0 Å². The lowest BCUT2D eigenvalue weighted by molar-refractivity contribution is -0.0326. The van der Waals surface area contributed by atoms with Crippen molar-refractivity contribution in [1.82, 2.24) is 4.90 Å². The molecule has 2 nitrogen and oxygen atoms in total. The maximum Gasteiger partial charge on any atom is 0.0339 e. The molecule has 0 heterocycles. The number of rotatable bonds is 5. The molecule has 14 heavy (non-hydrogen) atoms. The molecule has 0 atom stereocenters. The lowest BCUT2D eigenvalue weighted by Crippen LogP contribution is -2.63. The van der Waals surface area contributed by atoms with Crippen molar-refractivity contribution in [2.45, 2.75) is 58.5 Å². The summed E-state index contributed by atoms with van der Waals surface area (Å²) in [5.41, 5.74) is 6.30. The number of nitrogens with two attached hydrogens (primary N) is 1. The molecule has 1 rings (SSSR count). The molecule has 0 radical (unpaired) electrons. The third-order valence-electron chi connectivity index (χ3n) is 3.53. The Kier molecular flexibility index (Phi) is 3.96. The Morgan fingerprint density at radius 1 is 1.43 bits per heavy atom. The fraction of sp³-hybridized carbons (Fsp3) is 1.00. The first-order valence-corrected chi connectivity index (χ1v) is 6.02. The third kappa shape index (κ3) is 2.12. The lowest BCUT2D eigenvalue weighted by Gasteiger charge is -2.55. The Balaban J connectivity index is 2.64. The number of hydrogen-bond acceptors (Lipinski definition) is 2. The van der Waals surface area contributed by atoms with Gasteiger partial charge in [-0.05, 0) is 45.6 Å². The fourth-order valence-corrected chi connectivity index (χ4v) is 3.04. The van der Waals surface area contributed by atoms with Gasteiger partial charge in [-0.25, -0.2) is 0 Å². The molecule has 0 amide bonds. The van der Waals surface area contributed by atoms with Crippen molar-refractivity contribution < 1.29 is 0 Å². The van der Waals surface area contributed by atoms with Gasteiger partial charge in [0.05, 0.1) is 0 Å². The van der Waals surface area contributed by atoms with E-state index in [1.807, 2.05) is 0 Å². The van der Waals surface area contributed by atoms with Crippen LogP contribution in [0.2, 0.25) is 0 Å². The maximum absolute atomic E-state index is 5.96. The van der Waals surface area contributed by atoms with Gasteiger partial charge in [0.2, 0.25) is 0 Å². The van der Waals surface area contributed by atoms with E-state index in [0.717, 1.165) is 12.5 Å². The minimum atomic E-state index is 0.337. The first-order chi connectivity index (χ1) is 6.55. The Morgan fingerprint density at radius 3 is 2.29 bits per heavy atom. The van der Waals surface area contributed by atoms with E-state index in [-0.39, 0.29) is 0 Å². The molecule has 0 aliphatic heterocycles. The molecular formula is C12H26N2. The van der Waals surface area contributed by atoms with Gasteiger partial charge in [0.15, 0.2) is 0 Å². The molecule has 84 valence electrons. The zero-order chi connectivity index (χ0) is 10.8. The molecule has 0 saturated heterocycles. The third-order valence-corrected chi connectivity index (χ3v) is 3.53. The molecular weight excluding hydrogens is 172 g/mol. The van der Waals surface area contributed by atoms with Crippen molar-refractivity contribution in [3.8, 4) is 0 Å². The Labute approximate surface area is 88.8 Å². The molecule has 0 aromatic rings. The monoisotopic (exact) mass is 198 g/mol. The van der Waals surface area contributed by atoms with E-state index in [9.17, 15) is 0 Å². The molecule has 0 spiro atoms. The summed E-state index contributed by atoms with van der Waals surface area (Å²) in [5, 5.41) is 0. The van der Waals surface area contributed by atoms with Gasteiger partial charge in [-0.1, -0.05) is 13.8 Å². The fourth-order valence-electron chi connectivity index (χ4n) is 3.04. The van der Waals surface area contributed by atoms with Gasteiger partial charge in [-0.3, -0.25) is 4.90 Å². The topological polar surface area (TPSA) is 29.3 Å². The quantitative estimate of drug-likeness (QED) is 0.734. The highest BCUT2D eigenvalue weighted by molar-refractivity contribution is 5.02. The van der Waals surface area contributed by atoms with E-state index in [2.05, 4.69) is 32.6 Å². The van der Waals surface area contributed by atoms with Gasteiger partial charge in [-0.15, -0.1) is 0 Å². The zero-order valence-corrected chi connectivity index (χ0v) is 10.2. The molecule has 0 aromatic heterocycles. The minimum absolute atomic E-state index is 0.337. The van der Waals surface area contributed by atoms with Crippen LogP contribution in [-0.4, -0.2) is 29.6 Å². The lowest BCUT2D eigenvalue weighted by atomic mass is 9.67. The average Bonchev–Trinajstić information content (AvgIpc) is 2.08. The van der Waals surface area contributed by atoms with Crippen LogP contribution in [0.5, 0.6) is 0 Å². The Morgan fingerprint density at radius 2 is 2.00 bits per heavy atom. The molecule has 0 unspecified atom stereocenters. The van der Waals surface area contributed by atoms with Crippen LogP contribution in [0.3, 0.4) is 0 Å². The Hall–Kier alpha value is -0.0800. The van der Waals surface area contributed by atoms with Gasteiger partial charge < -0.3 is 5.73 Å². The summed E-state index contributed by atoms with van der Waals surface area (Å²) in [7, 11) is 0. The highest BCUT2D eigenvalue weighted by atomic mass is 15.2. The summed E-state index contributed by atoms with van der Waals surface area (Å²) in [5.74, 6) is 0.872. The second-order valence-corrected chi connectivity index (χ2v) is 5.23. The first-order valence-electron chi connectivity index (χ1n) is 6.02. The van der Waals surface area contributed by atoms with Gasteiger partial charge in [0.25, 0.3) is 0 Å². The van der Waals surface area contributed by atoms with E-state index in [1.165, 1.54) is 25.8 Å². The molecule has 1 aliphatic rings. The molecule has 0 bridgehead atoms. The normalized spacial score (nSPS) is 32.4.